The molecule has 7 rings (SSSR count). The molecule has 0 spiro atoms. The predicted octanol–water partition coefficient (Wildman–Crippen LogP) is 5.73. The van der Waals surface area contributed by atoms with Gasteiger partial charge in [0.05, 0.1) is 0 Å². The number of carbonyl (C=O) groups is 3. The quantitative estimate of drug-likeness (QED) is 0.340. The van der Waals surface area contributed by atoms with E-state index >= 15 is 0 Å². The molecule has 0 bridgehead atoms. The van der Waals surface area contributed by atoms with Crippen LogP contribution in [0.5, 0.6) is 0 Å². The van der Waals surface area contributed by atoms with Crippen LogP contribution >= 0.6 is 0 Å². The van der Waals surface area contributed by atoms with Crippen LogP contribution in [-0.4, -0.2) is 64.7 Å². The minimum Gasteiger partial charge on any atom is -0.371 e. The number of pyridine rings is 1. The fourth-order valence-electron chi connectivity index (χ4n) is 7.78. The molecule has 1 aromatic heterocycles. The van der Waals surface area contributed by atoms with Crippen molar-refractivity contribution in [2.75, 3.05) is 31.1 Å². The van der Waals surface area contributed by atoms with E-state index in [0.717, 1.165) is 64.0 Å². The first-order valence-electron chi connectivity index (χ1n) is 17.1. The van der Waals surface area contributed by atoms with Gasteiger partial charge in [0.1, 0.15) is 6.04 Å². The molecule has 3 aromatic rings. The largest absolute Gasteiger partial charge is 0.371 e. The number of aromatic nitrogens is 1. The Balaban J connectivity index is 0.887. The van der Waals surface area contributed by atoms with Crippen LogP contribution in [0.4, 0.5) is 5.69 Å². The molecular weight excluding hydrogens is 574 g/mol. The van der Waals surface area contributed by atoms with Crippen LogP contribution in [0.2, 0.25) is 0 Å². The fourth-order valence-corrected chi connectivity index (χ4v) is 7.78. The minimum absolute atomic E-state index is 0.106. The number of fused-ring (bicyclic) bond motifs is 1. The number of likely N-dealkylation sites (tertiary alicyclic amines) is 1. The molecule has 1 N–H and O–H groups in total. The standard InChI is InChI=1S/C38H45N5O3/c1-25(2)30-6-10-34(39-22-30)28-15-19-42(20-16-28)32-7-3-26(4-8-32)23-41-17-13-27(14-18-41)29-5-9-33-31(21-29)24-43(38(33)46)35-11-12-36(44)40-37(35)45/h3-10,21-22,25,27-28,35H,11-20,23-24H2,1-2H3,(H,40,44,45). The molecule has 240 valence electrons. The van der Waals surface area contributed by atoms with Crippen molar-refractivity contribution in [1.29, 1.82) is 0 Å². The third kappa shape index (κ3) is 6.32. The van der Waals surface area contributed by atoms with Crippen LogP contribution in [0.3, 0.4) is 0 Å². The van der Waals surface area contributed by atoms with Gasteiger partial charge >= 0.3 is 0 Å². The summed E-state index contributed by atoms with van der Waals surface area (Å²) < 4.78 is 0. The van der Waals surface area contributed by atoms with Gasteiger partial charge in [0.25, 0.3) is 5.91 Å². The lowest BCUT2D eigenvalue weighted by molar-refractivity contribution is -0.136. The van der Waals surface area contributed by atoms with E-state index in [2.05, 4.69) is 83.7 Å². The molecule has 4 aliphatic heterocycles. The third-order valence-corrected chi connectivity index (χ3v) is 10.7. The van der Waals surface area contributed by atoms with Crippen LogP contribution < -0.4 is 10.2 Å². The van der Waals surface area contributed by atoms with E-state index in [1.54, 1.807) is 4.90 Å². The van der Waals surface area contributed by atoms with Crippen molar-refractivity contribution in [3.63, 3.8) is 0 Å². The molecule has 0 saturated carbocycles. The molecule has 5 heterocycles. The highest BCUT2D eigenvalue weighted by Crippen LogP contribution is 2.35. The summed E-state index contributed by atoms with van der Waals surface area (Å²) in [4.78, 5) is 48.5. The number of anilines is 1. The van der Waals surface area contributed by atoms with Gasteiger partial charge in [-0.1, -0.05) is 44.2 Å². The summed E-state index contributed by atoms with van der Waals surface area (Å²) in [5.74, 6) is 0.809. The van der Waals surface area contributed by atoms with Crippen LogP contribution in [0.15, 0.2) is 60.8 Å². The summed E-state index contributed by atoms with van der Waals surface area (Å²) in [6.45, 7) is 10.1. The summed E-state index contributed by atoms with van der Waals surface area (Å²) in [5.41, 5.74) is 8.19. The molecule has 1 unspecified atom stereocenters. The summed E-state index contributed by atoms with van der Waals surface area (Å²) in [7, 11) is 0. The molecule has 0 aliphatic carbocycles. The Morgan fingerprint density at radius 2 is 1.59 bits per heavy atom. The maximum Gasteiger partial charge on any atom is 0.255 e. The molecule has 4 aliphatic rings. The second-order valence-electron chi connectivity index (χ2n) is 14.0. The highest BCUT2D eigenvalue weighted by atomic mass is 16.2. The van der Waals surface area contributed by atoms with E-state index in [4.69, 9.17) is 4.98 Å². The minimum atomic E-state index is -0.568. The van der Waals surface area contributed by atoms with Crippen molar-refractivity contribution in [3.8, 4) is 0 Å². The van der Waals surface area contributed by atoms with Gasteiger partial charge < -0.3 is 9.80 Å². The summed E-state index contributed by atoms with van der Waals surface area (Å²) >= 11 is 0. The Morgan fingerprint density at radius 1 is 0.848 bits per heavy atom. The van der Waals surface area contributed by atoms with Crippen molar-refractivity contribution in [1.82, 2.24) is 20.1 Å². The van der Waals surface area contributed by atoms with Crippen molar-refractivity contribution in [2.45, 2.75) is 89.3 Å². The first-order valence-corrected chi connectivity index (χ1v) is 17.1. The Hall–Kier alpha value is -4.04. The normalized spacial score (nSPS) is 21.6. The number of piperidine rings is 3. The molecule has 1 atom stereocenters. The highest BCUT2D eigenvalue weighted by molar-refractivity contribution is 6.05. The van der Waals surface area contributed by atoms with Crippen molar-refractivity contribution in [3.05, 3.63) is 94.3 Å². The average molecular weight is 620 g/mol. The van der Waals surface area contributed by atoms with E-state index < -0.39 is 6.04 Å². The topological polar surface area (TPSA) is 85.9 Å². The monoisotopic (exact) mass is 619 g/mol. The first-order chi connectivity index (χ1) is 22.3. The van der Waals surface area contributed by atoms with Gasteiger partial charge in [-0.2, -0.15) is 0 Å². The van der Waals surface area contributed by atoms with Crippen LogP contribution in [0, 0.1) is 0 Å². The smallest absolute Gasteiger partial charge is 0.255 e. The van der Waals surface area contributed by atoms with Gasteiger partial charge in [-0.25, -0.2) is 0 Å². The van der Waals surface area contributed by atoms with E-state index in [1.165, 1.54) is 28.1 Å². The predicted molar refractivity (Wildman–Crippen MR) is 179 cm³/mol. The molecule has 46 heavy (non-hydrogen) atoms. The van der Waals surface area contributed by atoms with E-state index in [0.29, 0.717) is 36.3 Å². The fraction of sp³-hybridized carbons (Fsp3) is 0.474. The maximum absolute atomic E-state index is 13.1. The van der Waals surface area contributed by atoms with Gasteiger partial charge in [0.2, 0.25) is 11.8 Å². The number of hydrogen-bond donors (Lipinski definition) is 1. The van der Waals surface area contributed by atoms with Gasteiger partial charge in [-0.3, -0.25) is 29.6 Å². The van der Waals surface area contributed by atoms with Gasteiger partial charge in [-0.05, 0) is 104 Å². The number of amides is 3. The first kappa shape index (κ1) is 30.6. The molecule has 3 saturated heterocycles. The van der Waals surface area contributed by atoms with Gasteiger partial charge in [0, 0.05) is 61.7 Å². The zero-order valence-electron chi connectivity index (χ0n) is 27.1. The highest BCUT2D eigenvalue weighted by Gasteiger charge is 2.39. The lowest BCUT2D eigenvalue weighted by Gasteiger charge is -2.34. The number of nitrogens with zero attached hydrogens (tertiary/aromatic N) is 4. The lowest BCUT2D eigenvalue weighted by Crippen LogP contribution is -2.52. The molecule has 8 nitrogen and oxygen atoms in total. The Morgan fingerprint density at radius 3 is 2.26 bits per heavy atom. The van der Waals surface area contributed by atoms with Crippen LogP contribution in [-0.2, 0) is 22.7 Å². The number of rotatable bonds is 7. The lowest BCUT2D eigenvalue weighted by atomic mass is 9.87. The average Bonchev–Trinajstić information content (AvgIpc) is 3.40. The van der Waals surface area contributed by atoms with Crippen molar-refractivity contribution >= 4 is 23.4 Å². The number of benzene rings is 2. The molecule has 3 amide bonds. The summed E-state index contributed by atoms with van der Waals surface area (Å²) in [6, 6.07) is 19.3. The maximum atomic E-state index is 13.1. The van der Waals surface area contributed by atoms with E-state index in [9.17, 15) is 14.4 Å². The van der Waals surface area contributed by atoms with Gasteiger partial charge in [-0.15, -0.1) is 0 Å². The van der Waals surface area contributed by atoms with Gasteiger partial charge in [0.15, 0.2) is 0 Å². The number of nitrogens with one attached hydrogen (secondary N) is 1. The Kier molecular flexibility index (Phi) is 8.64. The second kappa shape index (κ2) is 13.0. The second-order valence-corrected chi connectivity index (χ2v) is 14.0. The summed E-state index contributed by atoms with van der Waals surface area (Å²) in [6.07, 6.45) is 7.19. The SMILES string of the molecule is CC(C)c1ccc(C2CCN(c3ccc(CN4CCC(c5ccc6c(c5)CN(C5CCC(=O)NC5=O)C6=O)CC4)cc3)CC2)nc1. The zero-order chi connectivity index (χ0) is 31.8. The molecule has 2 aromatic carbocycles. The van der Waals surface area contributed by atoms with E-state index in [1.807, 2.05) is 6.07 Å². The van der Waals surface area contributed by atoms with Crippen LogP contribution in [0.1, 0.15) is 108 Å². The van der Waals surface area contributed by atoms with Crippen molar-refractivity contribution in [2.24, 2.45) is 0 Å². The molecular formula is C38H45N5O3. The molecule has 0 radical (unpaired) electrons. The summed E-state index contributed by atoms with van der Waals surface area (Å²) in [5, 5.41) is 2.39. The number of imide groups is 1. The van der Waals surface area contributed by atoms with Crippen molar-refractivity contribution < 1.29 is 14.4 Å². The zero-order valence-corrected chi connectivity index (χ0v) is 27.1. The number of carbonyl (C=O) groups excluding carboxylic acids is 3. The van der Waals surface area contributed by atoms with E-state index in [-0.39, 0.29) is 24.1 Å². The van der Waals surface area contributed by atoms with Crippen LogP contribution in [0.25, 0.3) is 0 Å². The Labute approximate surface area is 272 Å². The molecule has 3 fully saturated rings. The number of hydrogen-bond acceptors (Lipinski definition) is 6. The third-order valence-electron chi connectivity index (χ3n) is 10.7. The Bertz CT molecular complexity index is 1590. The molecule has 8 heteroatoms.